The molecule has 0 aromatic heterocycles. The molecule has 4 nitrogen and oxygen atoms in total. The Balaban J connectivity index is 3.79. The summed E-state index contributed by atoms with van der Waals surface area (Å²) in [6.07, 6.45) is 0.129. The number of nitrogens with one attached hydrogen (secondary N) is 1. The summed E-state index contributed by atoms with van der Waals surface area (Å²) < 4.78 is 10.9. The predicted octanol–water partition coefficient (Wildman–Crippen LogP) is 0.968. The summed E-state index contributed by atoms with van der Waals surface area (Å²) >= 11 is 0. The molecular formula is C12H28N2O2. The second-order valence-electron chi connectivity index (χ2n) is 5.38. The number of nitrogens with zero attached hydrogens (tertiary/aromatic N) is 1. The first-order valence-corrected chi connectivity index (χ1v) is 5.85. The molecule has 1 atom stereocenters. The highest BCUT2D eigenvalue weighted by Gasteiger charge is 2.14. The molecule has 0 heterocycles. The van der Waals surface area contributed by atoms with Crippen LogP contribution in [0.15, 0.2) is 0 Å². The predicted molar refractivity (Wildman–Crippen MR) is 67.9 cm³/mol. The molecule has 0 rings (SSSR count). The van der Waals surface area contributed by atoms with Gasteiger partial charge in [-0.3, -0.25) is 0 Å². The van der Waals surface area contributed by atoms with Crippen LogP contribution in [0.5, 0.6) is 0 Å². The van der Waals surface area contributed by atoms with Gasteiger partial charge in [-0.05, 0) is 34.9 Å². The Bertz CT molecular complexity index is 167. The molecule has 1 unspecified atom stereocenters. The minimum Gasteiger partial charge on any atom is -0.382 e. The molecule has 0 saturated carbocycles. The minimum absolute atomic E-state index is 0.122. The minimum atomic E-state index is 0.122. The molecule has 0 aliphatic heterocycles. The van der Waals surface area contributed by atoms with Crippen molar-refractivity contribution in [2.75, 3.05) is 47.5 Å². The highest BCUT2D eigenvalue weighted by Crippen LogP contribution is 2.00. The number of rotatable bonds is 8. The quantitative estimate of drug-likeness (QED) is 0.676. The molecule has 0 fully saturated rings. The lowest BCUT2D eigenvalue weighted by Crippen LogP contribution is -2.43. The fourth-order valence-electron chi connectivity index (χ4n) is 1.17. The van der Waals surface area contributed by atoms with Crippen LogP contribution in [0, 0.1) is 0 Å². The van der Waals surface area contributed by atoms with Gasteiger partial charge in [-0.2, -0.15) is 0 Å². The van der Waals surface area contributed by atoms with E-state index in [-0.39, 0.29) is 11.6 Å². The third-order valence-electron chi connectivity index (χ3n) is 2.10. The smallest absolute Gasteiger partial charge is 0.0933 e. The van der Waals surface area contributed by atoms with Crippen molar-refractivity contribution in [2.24, 2.45) is 0 Å². The van der Waals surface area contributed by atoms with Crippen molar-refractivity contribution < 1.29 is 9.47 Å². The van der Waals surface area contributed by atoms with Gasteiger partial charge in [-0.25, -0.2) is 0 Å². The summed E-state index contributed by atoms with van der Waals surface area (Å²) in [7, 11) is 5.80. The molecule has 0 amide bonds. The van der Waals surface area contributed by atoms with Crippen LogP contribution in [0.2, 0.25) is 0 Å². The SMILES string of the molecule is COCC(CNC(C)(C)C)OCCN(C)C. The van der Waals surface area contributed by atoms with Gasteiger partial charge in [0, 0.05) is 25.7 Å². The first-order valence-electron chi connectivity index (χ1n) is 5.85. The van der Waals surface area contributed by atoms with Gasteiger partial charge in [0.1, 0.15) is 0 Å². The lowest BCUT2D eigenvalue weighted by molar-refractivity contribution is -0.00821. The molecular weight excluding hydrogens is 204 g/mol. The first-order chi connectivity index (χ1) is 7.35. The summed E-state index contributed by atoms with van der Waals surface area (Å²) in [5.41, 5.74) is 0.122. The van der Waals surface area contributed by atoms with Crippen molar-refractivity contribution in [3.8, 4) is 0 Å². The summed E-state index contributed by atoms with van der Waals surface area (Å²) in [5, 5.41) is 3.43. The number of methoxy groups -OCH3 is 1. The maximum absolute atomic E-state index is 5.76. The summed E-state index contributed by atoms with van der Waals surface area (Å²) in [4.78, 5) is 2.11. The van der Waals surface area contributed by atoms with Crippen LogP contribution in [0.4, 0.5) is 0 Å². The van der Waals surface area contributed by atoms with Crippen molar-refractivity contribution in [1.29, 1.82) is 0 Å². The van der Waals surface area contributed by atoms with Crippen molar-refractivity contribution in [3.63, 3.8) is 0 Å². The van der Waals surface area contributed by atoms with Crippen LogP contribution < -0.4 is 5.32 Å². The molecule has 0 aromatic carbocycles. The molecule has 0 aliphatic carbocycles. The molecule has 0 saturated heterocycles. The van der Waals surface area contributed by atoms with E-state index < -0.39 is 0 Å². The van der Waals surface area contributed by atoms with E-state index in [9.17, 15) is 0 Å². The number of hydrogen-bond acceptors (Lipinski definition) is 4. The fraction of sp³-hybridized carbons (Fsp3) is 1.00. The van der Waals surface area contributed by atoms with Gasteiger partial charge >= 0.3 is 0 Å². The van der Waals surface area contributed by atoms with Gasteiger partial charge in [0.05, 0.1) is 19.3 Å². The molecule has 0 aliphatic rings. The standard InChI is InChI=1S/C12H28N2O2/c1-12(2,3)13-9-11(10-15-6)16-8-7-14(4)5/h11,13H,7-10H2,1-6H3. The van der Waals surface area contributed by atoms with Gasteiger partial charge in [-0.15, -0.1) is 0 Å². The first kappa shape index (κ1) is 15.8. The van der Waals surface area contributed by atoms with Crippen molar-refractivity contribution in [1.82, 2.24) is 10.2 Å². The Morgan fingerprint density at radius 3 is 2.31 bits per heavy atom. The largest absolute Gasteiger partial charge is 0.382 e. The van der Waals surface area contributed by atoms with E-state index in [1.54, 1.807) is 7.11 Å². The number of ether oxygens (including phenoxy) is 2. The van der Waals surface area contributed by atoms with Crippen LogP contribution in [0.25, 0.3) is 0 Å². The van der Waals surface area contributed by atoms with Crippen LogP contribution in [0.3, 0.4) is 0 Å². The Morgan fingerprint density at radius 1 is 1.25 bits per heavy atom. The summed E-state index contributed by atoms with van der Waals surface area (Å²) in [6, 6.07) is 0. The van der Waals surface area contributed by atoms with Crippen LogP contribution in [-0.2, 0) is 9.47 Å². The van der Waals surface area contributed by atoms with Gasteiger partial charge in [0.25, 0.3) is 0 Å². The van der Waals surface area contributed by atoms with Gasteiger partial charge < -0.3 is 19.7 Å². The van der Waals surface area contributed by atoms with E-state index in [1.807, 2.05) is 14.1 Å². The highest BCUT2D eigenvalue weighted by atomic mass is 16.5. The Kier molecular flexibility index (Phi) is 7.93. The second-order valence-corrected chi connectivity index (χ2v) is 5.38. The lowest BCUT2D eigenvalue weighted by atomic mass is 10.1. The van der Waals surface area contributed by atoms with E-state index in [2.05, 4.69) is 31.0 Å². The molecule has 4 heteroatoms. The second kappa shape index (κ2) is 8.01. The van der Waals surface area contributed by atoms with Crippen molar-refractivity contribution >= 4 is 0 Å². The third kappa shape index (κ3) is 10.4. The zero-order valence-corrected chi connectivity index (χ0v) is 11.7. The monoisotopic (exact) mass is 232 g/mol. The average molecular weight is 232 g/mol. The number of hydrogen-bond donors (Lipinski definition) is 1. The highest BCUT2D eigenvalue weighted by molar-refractivity contribution is 4.73. The maximum atomic E-state index is 5.76. The summed E-state index contributed by atoms with van der Waals surface area (Å²) in [5.74, 6) is 0. The Morgan fingerprint density at radius 2 is 1.88 bits per heavy atom. The fourth-order valence-corrected chi connectivity index (χ4v) is 1.17. The van der Waals surface area contributed by atoms with E-state index in [0.717, 1.165) is 19.7 Å². The molecule has 0 radical (unpaired) electrons. The lowest BCUT2D eigenvalue weighted by Gasteiger charge is -2.25. The van der Waals surface area contributed by atoms with E-state index in [0.29, 0.717) is 6.61 Å². The maximum Gasteiger partial charge on any atom is 0.0933 e. The average Bonchev–Trinajstić information content (AvgIpc) is 2.12. The molecule has 0 spiro atoms. The normalized spacial score (nSPS) is 14.4. The zero-order chi connectivity index (χ0) is 12.6. The van der Waals surface area contributed by atoms with E-state index >= 15 is 0 Å². The number of likely N-dealkylation sites (N-methyl/N-ethyl adjacent to an activating group) is 1. The van der Waals surface area contributed by atoms with Crippen LogP contribution in [0.1, 0.15) is 20.8 Å². The van der Waals surface area contributed by atoms with Gasteiger partial charge in [-0.1, -0.05) is 0 Å². The topological polar surface area (TPSA) is 33.7 Å². The van der Waals surface area contributed by atoms with Crippen LogP contribution in [-0.4, -0.2) is 64.1 Å². The Labute approximate surface area is 100 Å². The summed E-state index contributed by atoms with van der Waals surface area (Å²) in [6.45, 7) is 9.59. The molecule has 98 valence electrons. The van der Waals surface area contributed by atoms with E-state index in [4.69, 9.17) is 9.47 Å². The third-order valence-corrected chi connectivity index (χ3v) is 2.10. The van der Waals surface area contributed by atoms with Crippen molar-refractivity contribution in [3.05, 3.63) is 0 Å². The Hall–Kier alpha value is -0.160. The van der Waals surface area contributed by atoms with Gasteiger partial charge in [0.15, 0.2) is 0 Å². The van der Waals surface area contributed by atoms with E-state index in [1.165, 1.54) is 0 Å². The van der Waals surface area contributed by atoms with Crippen molar-refractivity contribution in [2.45, 2.75) is 32.4 Å². The molecule has 0 aromatic rings. The van der Waals surface area contributed by atoms with Gasteiger partial charge in [0.2, 0.25) is 0 Å². The molecule has 0 bridgehead atoms. The zero-order valence-electron chi connectivity index (χ0n) is 11.7. The van der Waals surface area contributed by atoms with Crippen LogP contribution >= 0.6 is 0 Å². The molecule has 1 N–H and O–H groups in total. The molecule has 16 heavy (non-hydrogen) atoms.